The summed E-state index contributed by atoms with van der Waals surface area (Å²) < 4.78 is 5.10. The lowest BCUT2D eigenvalue weighted by Gasteiger charge is -2.34. The molecule has 72 valence electrons. The molecule has 0 aromatic heterocycles. The first kappa shape index (κ1) is 10.0. The van der Waals surface area contributed by atoms with Gasteiger partial charge in [-0.15, -0.1) is 0 Å². The number of ether oxygens (including phenoxy) is 1. The maximum Gasteiger partial charge on any atom is 0.0464 e. The zero-order valence-electron chi connectivity index (χ0n) is 8.73. The lowest BCUT2D eigenvalue weighted by atomic mass is 9.72. The van der Waals surface area contributed by atoms with E-state index in [0.717, 1.165) is 12.5 Å². The van der Waals surface area contributed by atoms with Crippen LogP contribution in [0.15, 0.2) is 0 Å². The number of hydrogen-bond acceptors (Lipinski definition) is 1. The van der Waals surface area contributed by atoms with E-state index in [9.17, 15) is 0 Å². The SMILES string of the molecule is COCCC1CCC(C)(C)CC1. The molecule has 0 bridgehead atoms. The van der Waals surface area contributed by atoms with Crippen molar-refractivity contribution < 1.29 is 4.74 Å². The molecule has 0 heterocycles. The van der Waals surface area contributed by atoms with E-state index in [2.05, 4.69) is 13.8 Å². The van der Waals surface area contributed by atoms with Crippen molar-refractivity contribution in [2.45, 2.75) is 46.0 Å². The molecule has 1 rings (SSSR count). The van der Waals surface area contributed by atoms with E-state index >= 15 is 0 Å². The Morgan fingerprint density at radius 1 is 1.25 bits per heavy atom. The Morgan fingerprint density at radius 3 is 2.33 bits per heavy atom. The maximum atomic E-state index is 5.10. The van der Waals surface area contributed by atoms with Crippen molar-refractivity contribution in [1.29, 1.82) is 0 Å². The molecule has 0 aromatic rings. The average molecular weight is 170 g/mol. The quantitative estimate of drug-likeness (QED) is 0.632. The van der Waals surface area contributed by atoms with Gasteiger partial charge in [-0.25, -0.2) is 0 Å². The zero-order chi connectivity index (χ0) is 9.03. The van der Waals surface area contributed by atoms with Crippen LogP contribution in [0.1, 0.15) is 46.0 Å². The van der Waals surface area contributed by atoms with E-state index in [4.69, 9.17) is 4.74 Å². The molecule has 0 atom stereocenters. The highest BCUT2D eigenvalue weighted by atomic mass is 16.5. The Hall–Kier alpha value is -0.0400. The molecule has 1 aliphatic rings. The Bertz CT molecular complexity index is 119. The van der Waals surface area contributed by atoms with E-state index in [1.807, 2.05) is 0 Å². The first-order valence-electron chi connectivity index (χ1n) is 5.13. The molecule has 0 aromatic carbocycles. The zero-order valence-corrected chi connectivity index (χ0v) is 8.73. The minimum Gasteiger partial charge on any atom is -0.385 e. The van der Waals surface area contributed by atoms with Crippen molar-refractivity contribution in [3.63, 3.8) is 0 Å². The summed E-state index contributed by atoms with van der Waals surface area (Å²) in [4.78, 5) is 0. The second kappa shape index (κ2) is 4.27. The third kappa shape index (κ3) is 3.14. The van der Waals surface area contributed by atoms with Gasteiger partial charge in [0.05, 0.1) is 0 Å². The molecule has 0 spiro atoms. The van der Waals surface area contributed by atoms with Gasteiger partial charge in [-0.05, 0) is 43.4 Å². The summed E-state index contributed by atoms with van der Waals surface area (Å²) in [5, 5.41) is 0. The van der Waals surface area contributed by atoms with Crippen LogP contribution in [-0.4, -0.2) is 13.7 Å². The fraction of sp³-hybridized carbons (Fsp3) is 1.00. The molecule has 0 aliphatic heterocycles. The summed E-state index contributed by atoms with van der Waals surface area (Å²) in [6.07, 6.45) is 6.90. The monoisotopic (exact) mass is 170 g/mol. The fourth-order valence-electron chi connectivity index (χ4n) is 2.03. The van der Waals surface area contributed by atoms with Gasteiger partial charge in [-0.3, -0.25) is 0 Å². The summed E-state index contributed by atoms with van der Waals surface area (Å²) in [5.41, 5.74) is 0.615. The van der Waals surface area contributed by atoms with Crippen LogP contribution in [0, 0.1) is 11.3 Å². The largest absolute Gasteiger partial charge is 0.385 e. The number of rotatable bonds is 3. The van der Waals surface area contributed by atoms with Crippen molar-refractivity contribution in [3.05, 3.63) is 0 Å². The fourth-order valence-corrected chi connectivity index (χ4v) is 2.03. The van der Waals surface area contributed by atoms with Gasteiger partial charge in [-0.2, -0.15) is 0 Å². The summed E-state index contributed by atoms with van der Waals surface area (Å²) in [7, 11) is 1.80. The Labute approximate surface area is 76.5 Å². The van der Waals surface area contributed by atoms with Gasteiger partial charge >= 0.3 is 0 Å². The predicted molar refractivity (Wildman–Crippen MR) is 52.2 cm³/mol. The third-order valence-electron chi connectivity index (χ3n) is 3.19. The highest BCUT2D eigenvalue weighted by molar-refractivity contribution is 4.78. The van der Waals surface area contributed by atoms with Gasteiger partial charge in [0.1, 0.15) is 0 Å². The Balaban J connectivity index is 2.18. The molecule has 1 nitrogen and oxygen atoms in total. The van der Waals surface area contributed by atoms with Crippen LogP contribution in [0.3, 0.4) is 0 Å². The molecule has 1 aliphatic carbocycles. The first-order chi connectivity index (χ1) is 5.64. The van der Waals surface area contributed by atoms with E-state index in [1.165, 1.54) is 32.1 Å². The van der Waals surface area contributed by atoms with Crippen LogP contribution < -0.4 is 0 Å². The molecular formula is C11H22O. The molecule has 0 N–H and O–H groups in total. The van der Waals surface area contributed by atoms with Crippen molar-refractivity contribution >= 4 is 0 Å². The van der Waals surface area contributed by atoms with Gasteiger partial charge < -0.3 is 4.74 Å². The Morgan fingerprint density at radius 2 is 1.83 bits per heavy atom. The second-order valence-corrected chi connectivity index (χ2v) is 4.89. The van der Waals surface area contributed by atoms with Crippen molar-refractivity contribution in [2.75, 3.05) is 13.7 Å². The predicted octanol–water partition coefficient (Wildman–Crippen LogP) is 3.24. The van der Waals surface area contributed by atoms with Gasteiger partial charge in [0.2, 0.25) is 0 Å². The van der Waals surface area contributed by atoms with E-state index in [1.54, 1.807) is 7.11 Å². The number of methoxy groups -OCH3 is 1. The van der Waals surface area contributed by atoms with E-state index in [0.29, 0.717) is 5.41 Å². The molecule has 12 heavy (non-hydrogen) atoms. The molecule has 1 saturated carbocycles. The highest BCUT2D eigenvalue weighted by Gasteiger charge is 2.26. The van der Waals surface area contributed by atoms with Gasteiger partial charge in [0, 0.05) is 13.7 Å². The van der Waals surface area contributed by atoms with Gasteiger partial charge in [-0.1, -0.05) is 13.8 Å². The smallest absolute Gasteiger partial charge is 0.0464 e. The maximum absolute atomic E-state index is 5.10. The summed E-state index contributed by atoms with van der Waals surface area (Å²) >= 11 is 0. The van der Waals surface area contributed by atoms with E-state index < -0.39 is 0 Å². The average Bonchev–Trinajstić information content (AvgIpc) is 2.03. The minimum absolute atomic E-state index is 0.615. The summed E-state index contributed by atoms with van der Waals surface area (Å²) in [5.74, 6) is 0.943. The number of hydrogen-bond donors (Lipinski definition) is 0. The van der Waals surface area contributed by atoms with Crippen LogP contribution in [0.25, 0.3) is 0 Å². The van der Waals surface area contributed by atoms with Crippen molar-refractivity contribution in [3.8, 4) is 0 Å². The van der Waals surface area contributed by atoms with Crippen LogP contribution in [0.5, 0.6) is 0 Å². The van der Waals surface area contributed by atoms with Crippen molar-refractivity contribution in [2.24, 2.45) is 11.3 Å². The minimum atomic E-state index is 0.615. The summed E-state index contributed by atoms with van der Waals surface area (Å²) in [6.45, 7) is 5.73. The van der Waals surface area contributed by atoms with Gasteiger partial charge in [0.15, 0.2) is 0 Å². The van der Waals surface area contributed by atoms with Crippen LogP contribution in [0.2, 0.25) is 0 Å². The molecule has 1 fully saturated rings. The molecule has 0 unspecified atom stereocenters. The Kier molecular flexibility index (Phi) is 3.57. The highest BCUT2D eigenvalue weighted by Crippen LogP contribution is 2.38. The molecular weight excluding hydrogens is 148 g/mol. The van der Waals surface area contributed by atoms with E-state index in [-0.39, 0.29) is 0 Å². The molecule has 1 heteroatoms. The molecule has 0 amide bonds. The summed E-state index contributed by atoms with van der Waals surface area (Å²) in [6, 6.07) is 0. The second-order valence-electron chi connectivity index (χ2n) is 4.89. The van der Waals surface area contributed by atoms with Crippen LogP contribution in [-0.2, 0) is 4.74 Å². The lowest BCUT2D eigenvalue weighted by molar-refractivity contribution is 0.135. The third-order valence-corrected chi connectivity index (χ3v) is 3.19. The van der Waals surface area contributed by atoms with Gasteiger partial charge in [0.25, 0.3) is 0 Å². The lowest BCUT2D eigenvalue weighted by Crippen LogP contribution is -2.21. The standard InChI is InChI=1S/C11H22O/c1-11(2)7-4-10(5-8-11)6-9-12-3/h10H,4-9H2,1-3H3. The topological polar surface area (TPSA) is 9.23 Å². The van der Waals surface area contributed by atoms with Crippen molar-refractivity contribution in [1.82, 2.24) is 0 Å². The molecule has 0 saturated heterocycles. The van der Waals surface area contributed by atoms with Crippen LogP contribution in [0.4, 0.5) is 0 Å². The van der Waals surface area contributed by atoms with Crippen LogP contribution >= 0.6 is 0 Å². The normalized spacial score (nSPS) is 24.2. The molecule has 0 radical (unpaired) electrons. The first-order valence-corrected chi connectivity index (χ1v) is 5.13.